The van der Waals surface area contributed by atoms with Crippen molar-refractivity contribution >= 4 is 11.9 Å². The number of hydrogen-bond acceptors (Lipinski definition) is 2. The lowest BCUT2D eigenvalue weighted by molar-refractivity contribution is 0.111. The van der Waals surface area contributed by atoms with Gasteiger partial charge >= 0.3 is 0 Å². The van der Waals surface area contributed by atoms with Gasteiger partial charge in [0.1, 0.15) is 5.65 Å². The Kier molecular flexibility index (Phi) is 1.65. The topological polar surface area (TPSA) is 34.4 Å². The molecule has 3 heteroatoms. The number of hydrogen-bond donors (Lipinski definition) is 0. The van der Waals surface area contributed by atoms with Crippen LogP contribution in [0.3, 0.4) is 0 Å². The van der Waals surface area contributed by atoms with Gasteiger partial charge in [0.15, 0.2) is 6.29 Å². The second-order valence-corrected chi connectivity index (χ2v) is 3.13. The number of aromatic nitrogens is 2. The van der Waals surface area contributed by atoms with E-state index in [1.807, 2.05) is 32.2 Å². The van der Waals surface area contributed by atoms with Crippen molar-refractivity contribution in [2.24, 2.45) is 0 Å². The Morgan fingerprint density at radius 3 is 2.92 bits per heavy atom. The average Bonchev–Trinajstić information content (AvgIpc) is 2.39. The van der Waals surface area contributed by atoms with Crippen LogP contribution in [0.4, 0.5) is 0 Å². The molecule has 0 spiro atoms. The molecule has 0 fully saturated rings. The van der Waals surface area contributed by atoms with Crippen molar-refractivity contribution in [2.75, 3.05) is 0 Å². The van der Waals surface area contributed by atoms with E-state index in [1.54, 1.807) is 4.40 Å². The van der Waals surface area contributed by atoms with Crippen LogP contribution in [0.5, 0.6) is 0 Å². The summed E-state index contributed by atoms with van der Waals surface area (Å²) in [7, 11) is 0. The largest absolute Gasteiger partial charge is 0.298 e. The lowest BCUT2D eigenvalue weighted by Crippen LogP contribution is -1.94. The first kappa shape index (κ1) is 7.98. The van der Waals surface area contributed by atoms with Gasteiger partial charge in [0, 0.05) is 11.9 Å². The van der Waals surface area contributed by atoms with Gasteiger partial charge in [0.05, 0.1) is 5.69 Å². The maximum Gasteiger partial charge on any atom is 0.167 e. The maximum absolute atomic E-state index is 10.7. The second-order valence-electron chi connectivity index (χ2n) is 3.13. The SMILES string of the molecule is Cc1ccn2c(C=O)c(C)cc2n1. The van der Waals surface area contributed by atoms with Gasteiger partial charge in [-0.1, -0.05) is 0 Å². The van der Waals surface area contributed by atoms with E-state index < -0.39 is 0 Å². The van der Waals surface area contributed by atoms with E-state index >= 15 is 0 Å². The Bertz CT molecular complexity index is 471. The molecule has 0 aliphatic carbocycles. The van der Waals surface area contributed by atoms with Crippen molar-refractivity contribution in [1.82, 2.24) is 9.38 Å². The van der Waals surface area contributed by atoms with Crippen LogP contribution in [0.15, 0.2) is 18.3 Å². The van der Waals surface area contributed by atoms with Crippen LogP contribution >= 0.6 is 0 Å². The highest BCUT2D eigenvalue weighted by Gasteiger charge is 2.05. The molecule has 3 nitrogen and oxygen atoms in total. The third kappa shape index (κ3) is 1.13. The highest BCUT2D eigenvalue weighted by molar-refractivity contribution is 5.77. The first-order valence-corrected chi connectivity index (χ1v) is 4.13. The van der Waals surface area contributed by atoms with Crippen LogP contribution in [0.1, 0.15) is 21.7 Å². The maximum atomic E-state index is 10.7. The fourth-order valence-electron chi connectivity index (χ4n) is 1.44. The highest BCUT2D eigenvalue weighted by atomic mass is 16.1. The third-order valence-corrected chi connectivity index (χ3v) is 2.12. The summed E-state index contributed by atoms with van der Waals surface area (Å²) < 4.78 is 1.80. The lowest BCUT2D eigenvalue weighted by atomic mass is 10.3. The highest BCUT2D eigenvalue weighted by Crippen LogP contribution is 2.12. The summed E-state index contributed by atoms with van der Waals surface area (Å²) in [5, 5.41) is 0. The lowest BCUT2D eigenvalue weighted by Gasteiger charge is -1.96. The van der Waals surface area contributed by atoms with E-state index in [1.165, 1.54) is 0 Å². The minimum atomic E-state index is 0.683. The van der Waals surface area contributed by atoms with E-state index in [4.69, 9.17) is 0 Å². The van der Waals surface area contributed by atoms with Crippen molar-refractivity contribution < 1.29 is 4.79 Å². The first-order valence-electron chi connectivity index (χ1n) is 4.13. The molecule has 2 heterocycles. The molecule has 0 aliphatic heterocycles. The molecule has 2 rings (SSSR count). The van der Waals surface area contributed by atoms with Crippen molar-refractivity contribution in [1.29, 1.82) is 0 Å². The molecule has 0 saturated carbocycles. The predicted octanol–water partition coefficient (Wildman–Crippen LogP) is 1.76. The minimum Gasteiger partial charge on any atom is -0.298 e. The van der Waals surface area contributed by atoms with E-state index in [-0.39, 0.29) is 0 Å². The molecular weight excluding hydrogens is 164 g/mol. The summed E-state index contributed by atoms with van der Waals surface area (Å²) in [6.07, 6.45) is 2.73. The molecule has 2 aromatic heterocycles. The number of rotatable bonds is 1. The molecule has 13 heavy (non-hydrogen) atoms. The Morgan fingerprint density at radius 2 is 2.23 bits per heavy atom. The van der Waals surface area contributed by atoms with Crippen LogP contribution < -0.4 is 0 Å². The third-order valence-electron chi connectivity index (χ3n) is 2.12. The van der Waals surface area contributed by atoms with Gasteiger partial charge in [-0.25, -0.2) is 4.98 Å². The van der Waals surface area contributed by atoms with Gasteiger partial charge in [-0.3, -0.25) is 9.20 Å². The fraction of sp³-hybridized carbons (Fsp3) is 0.200. The number of carbonyl (C=O) groups is 1. The van der Waals surface area contributed by atoms with Crippen molar-refractivity contribution in [3.8, 4) is 0 Å². The standard InChI is InChI=1S/C10H10N2O/c1-7-5-10-11-8(2)3-4-12(10)9(7)6-13/h3-6H,1-2H3. The van der Waals surface area contributed by atoms with E-state index in [0.717, 1.165) is 23.2 Å². The summed E-state index contributed by atoms with van der Waals surface area (Å²) in [6, 6.07) is 3.80. The van der Waals surface area contributed by atoms with E-state index in [9.17, 15) is 4.79 Å². The molecule has 0 bridgehead atoms. The zero-order valence-corrected chi connectivity index (χ0v) is 7.61. The number of nitrogens with zero attached hydrogens (tertiary/aromatic N) is 2. The molecule has 0 saturated heterocycles. The summed E-state index contributed by atoms with van der Waals surface area (Å²) in [5.41, 5.74) is 3.44. The molecule has 66 valence electrons. The fourth-order valence-corrected chi connectivity index (χ4v) is 1.44. The van der Waals surface area contributed by atoms with Crippen molar-refractivity contribution in [2.45, 2.75) is 13.8 Å². The van der Waals surface area contributed by atoms with Crippen molar-refractivity contribution in [3.63, 3.8) is 0 Å². The molecule has 2 aromatic rings. The average molecular weight is 174 g/mol. The number of aldehydes is 1. The monoisotopic (exact) mass is 174 g/mol. The van der Waals surface area contributed by atoms with Crippen molar-refractivity contribution in [3.05, 3.63) is 35.3 Å². The zero-order chi connectivity index (χ0) is 9.42. The smallest absolute Gasteiger partial charge is 0.167 e. The van der Waals surface area contributed by atoms with E-state index in [0.29, 0.717) is 5.69 Å². The Balaban J connectivity index is 2.86. The normalized spacial score (nSPS) is 10.6. The molecule has 0 aromatic carbocycles. The van der Waals surface area contributed by atoms with Crippen LogP contribution in [0, 0.1) is 13.8 Å². The number of carbonyl (C=O) groups excluding carboxylic acids is 1. The Labute approximate surface area is 76.0 Å². The summed E-state index contributed by atoms with van der Waals surface area (Å²) in [5.74, 6) is 0. The molecule has 0 aliphatic rings. The van der Waals surface area contributed by atoms with Gasteiger partial charge in [-0.15, -0.1) is 0 Å². The number of fused-ring (bicyclic) bond motifs is 1. The summed E-state index contributed by atoms with van der Waals surface area (Å²) in [6.45, 7) is 3.84. The molecular formula is C10H10N2O. The van der Waals surface area contributed by atoms with Gasteiger partial charge < -0.3 is 0 Å². The first-order chi connectivity index (χ1) is 6.22. The van der Waals surface area contributed by atoms with Crippen LogP contribution in [0.2, 0.25) is 0 Å². The van der Waals surface area contributed by atoms with Crippen LogP contribution in [-0.4, -0.2) is 15.7 Å². The summed E-state index contributed by atoms with van der Waals surface area (Å²) in [4.78, 5) is 15.0. The molecule has 0 atom stereocenters. The van der Waals surface area contributed by atoms with Gasteiger partial charge in [-0.05, 0) is 31.5 Å². The Morgan fingerprint density at radius 1 is 1.46 bits per heavy atom. The quantitative estimate of drug-likeness (QED) is 0.617. The van der Waals surface area contributed by atoms with Gasteiger partial charge in [-0.2, -0.15) is 0 Å². The second kappa shape index (κ2) is 2.69. The number of aryl methyl sites for hydroxylation is 2. The van der Waals surface area contributed by atoms with E-state index in [2.05, 4.69) is 4.98 Å². The molecule has 0 N–H and O–H groups in total. The Hall–Kier alpha value is -1.64. The van der Waals surface area contributed by atoms with Gasteiger partial charge in [0.25, 0.3) is 0 Å². The predicted molar refractivity (Wildman–Crippen MR) is 50.1 cm³/mol. The zero-order valence-electron chi connectivity index (χ0n) is 7.61. The van der Waals surface area contributed by atoms with Gasteiger partial charge in [0.2, 0.25) is 0 Å². The molecule has 0 radical (unpaired) electrons. The molecule has 0 unspecified atom stereocenters. The molecule has 0 amide bonds. The van der Waals surface area contributed by atoms with Crippen LogP contribution in [0.25, 0.3) is 5.65 Å². The summed E-state index contributed by atoms with van der Waals surface area (Å²) >= 11 is 0. The minimum absolute atomic E-state index is 0.683. The van der Waals surface area contributed by atoms with Crippen LogP contribution in [-0.2, 0) is 0 Å².